The summed E-state index contributed by atoms with van der Waals surface area (Å²) < 4.78 is 5.57. The molecule has 1 aromatic carbocycles. The molecule has 28 heavy (non-hydrogen) atoms. The van der Waals surface area contributed by atoms with Crippen molar-refractivity contribution in [1.29, 1.82) is 0 Å². The van der Waals surface area contributed by atoms with E-state index in [4.69, 9.17) is 4.74 Å². The Morgan fingerprint density at radius 3 is 2.79 bits per heavy atom. The van der Waals surface area contributed by atoms with E-state index in [1.807, 2.05) is 19.1 Å². The molecule has 148 valence electrons. The summed E-state index contributed by atoms with van der Waals surface area (Å²) in [5, 5.41) is 17.8. The fourth-order valence-electron chi connectivity index (χ4n) is 3.22. The van der Waals surface area contributed by atoms with E-state index in [1.54, 1.807) is 12.1 Å². The third-order valence-electron chi connectivity index (χ3n) is 4.57. The summed E-state index contributed by atoms with van der Waals surface area (Å²) in [6, 6.07) is 7.27. The minimum atomic E-state index is -0.464. The number of allylic oxidation sites excluding steroid dienone is 1. The summed E-state index contributed by atoms with van der Waals surface area (Å²) in [7, 11) is 0. The van der Waals surface area contributed by atoms with Crippen molar-refractivity contribution in [2.45, 2.75) is 39.0 Å². The van der Waals surface area contributed by atoms with Crippen LogP contribution in [0.15, 0.2) is 42.2 Å². The number of nitro groups is 1. The van der Waals surface area contributed by atoms with E-state index >= 15 is 0 Å². The Morgan fingerprint density at radius 1 is 1.21 bits per heavy atom. The van der Waals surface area contributed by atoms with Gasteiger partial charge in [-0.05, 0) is 51.2 Å². The zero-order chi connectivity index (χ0) is 19.8. The van der Waals surface area contributed by atoms with Gasteiger partial charge in [0.05, 0.1) is 17.2 Å². The van der Waals surface area contributed by atoms with Crippen LogP contribution in [0.3, 0.4) is 0 Å². The lowest BCUT2D eigenvalue weighted by molar-refractivity contribution is -0.383. The Bertz CT molecular complexity index is 853. The standard InChI is InChI=1S/C20H25N5O3/c1-2-28-17-11-7-6-10-16(17)24-20-18(25(26)27)19(22-14-23-20)21-13-12-15-8-4-3-5-9-15/h6-8,10-11,14H,2-5,9,12-13H2,1H3,(H2,21,22,23,24). The number of benzene rings is 1. The van der Waals surface area contributed by atoms with Crippen LogP contribution in [-0.4, -0.2) is 28.0 Å². The van der Waals surface area contributed by atoms with Crippen molar-refractivity contribution >= 4 is 23.0 Å². The molecule has 0 spiro atoms. The van der Waals surface area contributed by atoms with Crippen molar-refractivity contribution in [2.75, 3.05) is 23.8 Å². The second-order valence-electron chi connectivity index (χ2n) is 6.52. The topological polar surface area (TPSA) is 102 Å². The number of ether oxygens (including phenoxy) is 1. The lowest BCUT2D eigenvalue weighted by Crippen LogP contribution is -2.10. The average Bonchev–Trinajstić information content (AvgIpc) is 2.70. The molecule has 0 bridgehead atoms. The molecule has 1 heterocycles. The first-order chi connectivity index (χ1) is 13.7. The summed E-state index contributed by atoms with van der Waals surface area (Å²) in [4.78, 5) is 19.4. The number of hydrogen-bond donors (Lipinski definition) is 2. The van der Waals surface area contributed by atoms with Crippen LogP contribution >= 0.6 is 0 Å². The summed E-state index contributed by atoms with van der Waals surface area (Å²) in [6.45, 7) is 2.97. The fourth-order valence-corrected chi connectivity index (χ4v) is 3.22. The lowest BCUT2D eigenvalue weighted by Gasteiger charge is -2.14. The van der Waals surface area contributed by atoms with Crippen LogP contribution in [0.5, 0.6) is 5.75 Å². The number of para-hydroxylation sites is 2. The van der Waals surface area contributed by atoms with Gasteiger partial charge in [0.25, 0.3) is 0 Å². The Morgan fingerprint density at radius 2 is 2.04 bits per heavy atom. The zero-order valence-electron chi connectivity index (χ0n) is 16.0. The maximum Gasteiger partial charge on any atom is 0.353 e. The van der Waals surface area contributed by atoms with Crippen molar-refractivity contribution in [3.8, 4) is 5.75 Å². The van der Waals surface area contributed by atoms with Crippen molar-refractivity contribution in [3.63, 3.8) is 0 Å². The molecular weight excluding hydrogens is 358 g/mol. The Labute approximate surface area is 164 Å². The highest BCUT2D eigenvalue weighted by atomic mass is 16.6. The van der Waals surface area contributed by atoms with Gasteiger partial charge in [-0.25, -0.2) is 9.97 Å². The van der Waals surface area contributed by atoms with E-state index in [0.717, 1.165) is 19.3 Å². The van der Waals surface area contributed by atoms with Gasteiger partial charge in [0.1, 0.15) is 12.1 Å². The van der Waals surface area contributed by atoms with Crippen LogP contribution in [0.4, 0.5) is 23.0 Å². The van der Waals surface area contributed by atoms with E-state index in [-0.39, 0.29) is 17.3 Å². The molecule has 0 atom stereocenters. The predicted molar refractivity (Wildman–Crippen MR) is 109 cm³/mol. The van der Waals surface area contributed by atoms with Crippen LogP contribution in [-0.2, 0) is 0 Å². The van der Waals surface area contributed by atoms with Crippen LogP contribution < -0.4 is 15.4 Å². The molecule has 2 N–H and O–H groups in total. The van der Waals surface area contributed by atoms with Gasteiger partial charge in [0.2, 0.25) is 11.6 Å². The molecular formula is C20H25N5O3. The number of nitrogens with one attached hydrogen (secondary N) is 2. The molecule has 8 nitrogen and oxygen atoms in total. The molecule has 0 unspecified atom stereocenters. The van der Waals surface area contributed by atoms with E-state index in [1.165, 1.54) is 24.7 Å². The van der Waals surface area contributed by atoms with E-state index in [0.29, 0.717) is 24.6 Å². The van der Waals surface area contributed by atoms with Gasteiger partial charge in [0.15, 0.2) is 0 Å². The number of hydrogen-bond acceptors (Lipinski definition) is 7. The SMILES string of the molecule is CCOc1ccccc1Nc1ncnc(NCCC2=CCCCC2)c1[N+](=O)[O-]. The molecule has 2 aromatic rings. The van der Waals surface area contributed by atoms with Crippen molar-refractivity contribution < 1.29 is 9.66 Å². The van der Waals surface area contributed by atoms with Gasteiger partial charge >= 0.3 is 5.69 Å². The maximum atomic E-state index is 11.7. The normalized spacial score (nSPS) is 13.5. The number of aromatic nitrogens is 2. The first kappa shape index (κ1) is 19.6. The van der Waals surface area contributed by atoms with Crippen molar-refractivity contribution in [2.24, 2.45) is 0 Å². The summed E-state index contributed by atoms with van der Waals surface area (Å²) >= 11 is 0. The first-order valence-electron chi connectivity index (χ1n) is 9.59. The fraction of sp³-hybridized carbons (Fsp3) is 0.400. The van der Waals surface area contributed by atoms with Gasteiger partial charge in [-0.1, -0.05) is 23.8 Å². The first-order valence-corrected chi connectivity index (χ1v) is 9.59. The minimum Gasteiger partial charge on any atom is -0.492 e. The molecule has 1 aromatic heterocycles. The Kier molecular flexibility index (Phi) is 6.78. The second-order valence-corrected chi connectivity index (χ2v) is 6.52. The maximum absolute atomic E-state index is 11.7. The van der Waals surface area contributed by atoms with Crippen LogP contribution in [0.1, 0.15) is 39.0 Å². The molecule has 0 saturated heterocycles. The van der Waals surface area contributed by atoms with E-state index < -0.39 is 4.92 Å². The van der Waals surface area contributed by atoms with Gasteiger partial charge in [-0.15, -0.1) is 0 Å². The van der Waals surface area contributed by atoms with Gasteiger partial charge in [0, 0.05) is 6.54 Å². The average molecular weight is 383 g/mol. The molecule has 0 saturated carbocycles. The quantitative estimate of drug-likeness (QED) is 0.363. The summed E-state index contributed by atoms with van der Waals surface area (Å²) in [5.41, 5.74) is 1.84. The minimum absolute atomic E-state index is 0.131. The molecule has 1 aliphatic carbocycles. The third kappa shape index (κ3) is 4.97. The van der Waals surface area contributed by atoms with Crippen LogP contribution in [0.2, 0.25) is 0 Å². The summed E-state index contributed by atoms with van der Waals surface area (Å²) in [5.74, 6) is 0.955. The predicted octanol–water partition coefficient (Wildman–Crippen LogP) is 4.83. The van der Waals surface area contributed by atoms with Crippen LogP contribution in [0, 0.1) is 10.1 Å². The molecule has 0 radical (unpaired) electrons. The molecule has 0 fully saturated rings. The number of anilines is 3. The molecule has 3 rings (SSSR count). The zero-order valence-corrected chi connectivity index (χ0v) is 16.0. The largest absolute Gasteiger partial charge is 0.492 e. The smallest absolute Gasteiger partial charge is 0.353 e. The highest BCUT2D eigenvalue weighted by Crippen LogP contribution is 2.34. The van der Waals surface area contributed by atoms with Crippen molar-refractivity contribution in [1.82, 2.24) is 9.97 Å². The lowest BCUT2D eigenvalue weighted by atomic mass is 9.97. The third-order valence-corrected chi connectivity index (χ3v) is 4.57. The Hall–Kier alpha value is -3.16. The molecule has 0 aliphatic heterocycles. The molecule has 1 aliphatic rings. The number of rotatable bonds is 9. The molecule has 0 amide bonds. The number of nitrogens with zero attached hydrogens (tertiary/aromatic N) is 3. The highest BCUT2D eigenvalue weighted by molar-refractivity contribution is 5.75. The van der Waals surface area contributed by atoms with Gasteiger partial charge in [-0.3, -0.25) is 10.1 Å². The van der Waals surface area contributed by atoms with Gasteiger partial charge < -0.3 is 15.4 Å². The van der Waals surface area contributed by atoms with Crippen LogP contribution in [0.25, 0.3) is 0 Å². The van der Waals surface area contributed by atoms with E-state index in [9.17, 15) is 10.1 Å². The highest BCUT2D eigenvalue weighted by Gasteiger charge is 2.23. The van der Waals surface area contributed by atoms with E-state index in [2.05, 4.69) is 26.7 Å². The summed E-state index contributed by atoms with van der Waals surface area (Å²) in [6.07, 6.45) is 9.14. The Balaban J connectivity index is 1.77. The monoisotopic (exact) mass is 383 g/mol. The molecule has 8 heteroatoms. The van der Waals surface area contributed by atoms with Gasteiger partial charge in [-0.2, -0.15) is 0 Å². The van der Waals surface area contributed by atoms with Crippen molar-refractivity contribution in [3.05, 3.63) is 52.4 Å². The second kappa shape index (κ2) is 9.68.